The first-order valence-electron chi connectivity index (χ1n) is 7.24. The number of aromatic nitrogens is 1. The van der Waals surface area contributed by atoms with E-state index in [0.29, 0.717) is 22.0 Å². The molecule has 0 aliphatic heterocycles. The first-order valence-corrected chi connectivity index (χ1v) is 8.06. The van der Waals surface area contributed by atoms with Crippen LogP contribution in [0.25, 0.3) is 0 Å². The number of rotatable bonds is 7. The van der Waals surface area contributed by atoms with Gasteiger partial charge in [0.25, 0.3) is 5.91 Å². The van der Waals surface area contributed by atoms with Crippen LogP contribution in [0.4, 0.5) is 10.9 Å². The van der Waals surface area contributed by atoms with Crippen molar-refractivity contribution >= 4 is 28.2 Å². The summed E-state index contributed by atoms with van der Waals surface area (Å²) in [6.45, 7) is 7.99. The van der Waals surface area contributed by atoms with Crippen LogP contribution in [0, 0.1) is 11.3 Å². The second-order valence-electron chi connectivity index (χ2n) is 6.04. The largest absolute Gasteiger partial charge is 0.382 e. The van der Waals surface area contributed by atoms with Crippen LogP contribution in [-0.2, 0) is 0 Å². The number of hydrogen-bond acceptors (Lipinski definition) is 5. The van der Waals surface area contributed by atoms with Crippen molar-refractivity contribution in [1.82, 2.24) is 10.3 Å². The van der Waals surface area contributed by atoms with E-state index < -0.39 is 0 Å². The number of thiazole rings is 1. The van der Waals surface area contributed by atoms with Crippen molar-refractivity contribution in [2.24, 2.45) is 11.3 Å². The van der Waals surface area contributed by atoms with E-state index in [0.717, 1.165) is 24.6 Å². The van der Waals surface area contributed by atoms with Crippen LogP contribution >= 0.6 is 11.3 Å². The first-order chi connectivity index (χ1) is 9.46. The van der Waals surface area contributed by atoms with E-state index in [1.54, 1.807) is 0 Å². The summed E-state index contributed by atoms with van der Waals surface area (Å²) >= 11 is 1.33. The van der Waals surface area contributed by atoms with Crippen molar-refractivity contribution in [3.8, 4) is 0 Å². The Kier molecular flexibility index (Phi) is 4.52. The lowest BCUT2D eigenvalue weighted by Gasteiger charge is -2.12. The third kappa shape index (κ3) is 3.62. The van der Waals surface area contributed by atoms with E-state index in [9.17, 15) is 4.79 Å². The third-order valence-electron chi connectivity index (χ3n) is 3.85. The van der Waals surface area contributed by atoms with Crippen LogP contribution in [0.5, 0.6) is 0 Å². The molecular formula is C14H24N4OS. The normalized spacial score (nSPS) is 16.2. The predicted octanol–water partition coefficient (Wildman–Crippen LogP) is 2.71. The molecule has 2 rings (SSSR count). The maximum Gasteiger partial charge on any atom is 0.265 e. The topological polar surface area (TPSA) is 80.0 Å². The Morgan fingerprint density at radius 3 is 2.75 bits per heavy atom. The van der Waals surface area contributed by atoms with Crippen molar-refractivity contribution < 1.29 is 4.79 Å². The van der Waals surface area contributed by atoms with Crippen molar-refractivity contribution in [3.05, 3.63) is 4.88 Å². The highest BCUT2D eigenvalue weighted by molar-refractivity contribution is 7.18. The minimum absolute atomic E-state index is 0.0997. The lowest BCUT2D eigenvalue weighted by Crippen LogP contribution is -2.29. The van der Waals surface area contributed by atoms with Gasteiger partial charge in [-0.1, -0.05) is 32.1 Å². The van der Waals surface area contributed by atoms with Gasteiger partial charge >= 0.3 is 0 Å². The molecule has 1 amide bonds. The van der Waals surface area contributed by atoms with Gasteiger partial charge in [-0.05, 0) is 30.6 Å². The lowest BCUT2D eigenvalue weighted by atomic mass is 10.0. The molecule has 20 heavy (non-hydrogen) atoms. The van der Waals surface area contributed by atoms with Gasteiger partial charge in [0.1, 0.15) is 10.7 Å². The molecule has 0 unspecified atom stereocenters. The number of carbonyl (C=O) groups excluding carboxylic acids is 1. The SMILES string of the molecule is CCC1(CNC(=O)c2sc(NCC(C)C)nc2N)CC1. The van der Waals surface area contributed by atoms with Crippen LogP contribution in [0.15, 0.2) is 0 Å². The van der Waals surface area contributed by atoms with Gasteiger partial charge in [0.05, 0.1) is 0 Å². The number of anilines is 2. The molecule has 5 nitrogen and oxygen atoms in total. The monoisotopic (exact) mass is 296 g/mol. The van der Waals surface area contributed by atoms with Crippen molar-refractivity contribution in [2.75, 3.05) is 24.1 Å². The van der Waals surface area contributed by atoms with E-state index in [1.807, 2.05) is 0 Å². The number of nitrogens with zero attached hydrogens (tertiary/aromatic N) is 1. The number of carbonyl (C=O) groups is 1. The molecule has 1 aliphatic rings. The van der Waals surface area contributed by atoms with E-state index in [1.165, 1.54) is 24.2 Å². The molecule has 0 aromatic carbocycles. The lowest BCUT2D eigenvalue weighted by molar-refractivity contribution is 0.0949. The maximum absolute atomic E-state index is 12.2. The van der Waals surface area contributed by atoms with Crippen molar-refractivity contribution in [2.45, 2.75) is 40.0 Å². The second kappa shape index (κ2) is 5.99. The van der Waals surface area contributed by atoms with Gasteiger partial charge in [0, 0.05) is 13.1 Å². The summed E-state index contributed by atoms with van der Waals surface area (Å²) in [6.07, 6.45) is 3.54. The van der Waals surface area contributed by atoms with E-state index >= 15 is 0 Å². The van der Waals surface area contributed by atoms with Gasteiger partial charge < -0.3 is 16.4 Å². The number of nitrogens with one attached hydrogen (secondary N) is 2. The predicted molar refractivity (Wildman–Crippen MR) is 84.1 cm³/mol. The molecular weight excluding hydrogens is 272 g/mol. The molecule has 4 N–H and O–H groups in total. The van der Waals surface area contributed by atoms with Gasteiger partial charge in [-0.2, -0.15) is 0 Å². The summed E-state index contributed by atoms with van der Waals surface area (Å²) < 4.78 is 0. The third-order valence-corrected chi connectivity index (χ3v) is 4.88. The van der Waals surface area contributed by atoms with Gasteiger partial charge in [0.2, 0.25) is 0 Å². The Bertz CT molecular complexity index is 480. The standard InChI is InChI=1S/C14H24N4OS/c1-4-14(5-6-14)8-17-12(19)10-11(15)18-13(20-10)16-7-9(2)3/h9H,4-8,15H2,1-3H3,(H,16,18)(H,17,19). The highest BCUT2D eigenvalue weighted by atomic mass is 32.1. The summed E-state index contributed by atoms with van der Waals surface area (Å²) in [7, 11) is 0. The molecule has 1 saturated carbocycles. The fraction of sp³-hybridized carbons (Fsp3) is 0.714. The zero-order valence-electron chi connectivity index (χ0n) is 12.5. The van der Waals surface area contributed by atoms with Gasteiger partial charge in [0.15, 0.2) is 5.13 Å². The summed E-state index contributed by atoms with van der Waals surface area (Å²) in [5.74, 6) is 0.745. The number of hydrogen-bond donors (Lipinski definition) is 3. The minimum atomic E-state index is -0.0997. The van der Waals surface area contributed by atoms with Crippen LogP contribution in [0.2, 0.25) is 0 Å². The Hall–Kier alpha value is -1.30. The Labute approximate surface area is 124 Å². The average Bonchev–Trinajstić information content (AvgIpc) is 3.10. The number of nitrogens with two attached hydrogens (primary N) is 1. The molecule has 6 heteroatoms. The summed E-state index contributed by atoms with van der Waals surface area (Å²) in [6, 6.07) is 0. The Morgan fingerprint density at radius 2 is 2.20 bits per heavy atom. The van der Waals surface area contributed by atoms with Crippen LogP contribution in [-0.4, -0.2) is 24.0 Å². The van der Waals surface area contributed by atoms with Crippen molar-refractivity contribution in [1.29, 1.82) is 0 Å². The fourth-order valence-electron chi connectivity index (χ4n) is 2.04. The summed E-state index contributed by atoms with van der Waals surface area (Å²) in [4.78, 5) is 16.9. The summed E-state index contributed by atoms with van der Waals surface area (Å²) in [5.41, 5.74) is 6.18. The number of amides is 1. The second-order valence-corrected chi connectivity index (χ2v) is 7.04. The molecule has 0 saturated heterocycles. The summed E-state index contributed by atoms with van der Waals surface area (Å²) in [5, 5.41) is 6.92. The zero-order valence-corrected chi connectivity index (χ0v) is 13.3. The fourth-order valence-corrected chi connectivity index (χ4v) is 2.85. The smallest absolute Gasteiger partial charge is 0.265 e. The molecule has 0 bridgehead atoms. The molecule has 1 heterocycles. The quantitative estimate of drug-likeness (QED) is 0.722. The van der Waals surface area contributed by atoms with Crippen LogP contribution in [0.3, 0.4) is 0 Å². The molecule has 0 radical (unpaired) electrons. The molecule has 1 aromatic heterocycles. The van der Waals surface area contributed by atoms with Crippen LogP contribution < -0.4 is 16.4 Å². The Balaban J connectivity index is 1.92. The number of nitrogen functional groups attached to an aromatic ring is 1. The maximum atomic E-state index is 12.2. The molecule has 0 atom stereocenters. The van der Waals surface area contributed by atoms with Crippen molar-refractivity contribution in [3.63, 3.8) is 0 Å². The van der Waals surface area contributed by atoms with E-state index in [-0.39, 0.29) is 5.91 Å². The van der Waals surface area contributed by atoms with E-state index in [2.05, 4.69) is 36.4 Å². The van der Waals surface area contributed by atoms with Gasteiger partial charge in [-0.15, -0.1) is 0 Å². The zero-order chi connectivity index (χ0) is 14.8. The van der Waals surface area contributed by atoms with Crippen LogP contribution in [0.1, 0.15) is 49.7 Å². The van der Waals surface area contributed by atoms with E-state index in [4.69, 9.17) is 5.73 Å². The molecule has 1 aromatic rings. The molecule has 1 aliphatic carbocycles. The highest BCUT2D eigenvalue weighted by Gasteiger charge is 2.40. The van der Waals surface area contributed by atoms with Gasteiger partial charge in [-0.25, -0.2) is 4.98 Å². The highest BCUT2D eigenvalue weighted by Crippen LogP contribution is 2.47. The average molecular weight is 296 g/mol. The molecule has 0 spiro atoms. The molecule has 112 valence electrons. The first kappa shape index (κ1) is 15.1. The minimum Gasteiger partial charge on any atom is -0.382 e. The molecule has 1 fully saturated rings. The Morgan fingerprint density at radius 1 is 1.50 bits per heavy atom. The van der Waals surface area contributed by atoms with Gasteiger partial charge in [-0.3, -0.25) is 4.79 Å².